The van der Waals surface area contributed by atoms with E-state index in [1.165, 1.54) is 5.19 Å². The summed E-state index contributed by atoms with van der Waals surface area (Å²) in [6, 6.07) is 10.3. The van der Waals surface area contributed by atoms with E-state index in [-0.39, 0.29) is 18.1 Å². The van der Waals surface area contributed by atoms with E-state index in [1.807, 2.05) is 45.9 Å². The van der Waals surface area contributed by atoms with Crippen molar-refractivity contribution in [3.8, 4) is 0 Å². The molecule has 0 amide bonds. The van der Waals surface area contributed by atoms with E-state index in [2.05, 4.69) is 12.1 Å². The lowest BCUT2D eigenvalue weighted by Gasteiger charge is -2.22. The first kappa shape index (κ1) is 13.4. The second-order valence-electron chi connectivity index (χ2n) is 4.21. The maximum Gasteiger partial charge on any atom is 0.157 e. The molecule has 2 nitrogen and oxygen atoms in total. The fraction of sp³-hybridized carbons (Fsp3) is 0.538. The summed E-state index contributed by atoms with van der Waals surface area (Å²) in [5.74, 6) is -0.123. The number of ether oxygens (including phenoxy) is 2. The largest absolute Gasteiger partial charge is 0.354 e. The van der Waals surface area contributed by atoms with Crippen molar-refractivity contribution in [3.63, 3.8) is 0 Å². The molecule has 1 aromatic rings. The van der Waals surface area contributed by atoms with Gasteiger partial charge in [0.2, 0.25) is 0 Å². The van der Waals surface area contributed by atoms with Gasteiger partial charge in [-0.25, -0.2) is 0 Å². The van der Waals surface area contributed by atoms with Crippen molar-refractivity contribution < 1.29 is 9.47 Å². The summed E-state index contributed by atoms with van der Waals surface area (Å²) in [4.78, 5) is 0. The topological polar surface area (TPSA) is 18.5 Å². The highest BCUT2D eigenvalue weighted by Gasteiger charge is 2.15. The highest BCUT2D eigenvalue weighted by molar-refractivity contribution is 6.54. The van der Waals surface area contributed by atoms with Crippen molar-refractivity contribution in [2.45, 2.75) is 45.8 Å². The van der Waals surface area contributed by atoms with Crippen LogP contribution in [0.4, 0.5) is 0 Å². The zero-order valence-corrected chi connectivity index (χ0v) is 11.4. The predicted octanol–water partition coefficient (Wildman–Crippen LogP) is 2.15. The smallest absolute Gasteiger partial charge is 0.157 e. The minimum atomic E-state index is -0.123. The van der Waals surface area contributed by atoms with Crippen molar-refractivity contribution in [2.75, 3.05) is 0 Å². The fourth-order valence-electron chi connectivity index (χ4n) is 1.26. The molecule has 0 aliphatic rings. The second-order valence-corrected chi connectivity index (χ2v) is 5.55. The maximum absolute atomic E-state index is 5.76. The Morgan fingerprint density at radius 3 is 1.81 bits per heavy atom. The Kier molecular flexibility index (Phi) is 5.73. The molecule has 88 valence electrons. The molecule has 0 saturated heterocycles. The van der Waals surface area contributed by atoms with Crippen LogP contribution < -0.4 is 5.19 Å². The third-order valence-corrected chi connectivity index (χ3v) is 3.02. The van der Waals surface area contributed by atoms with Gasteiger partial charge in [0, 0.05) is 0 Å². The van der Waals surface area contributed by atoms with E-state index < -0.39 is 0 Å². The van der Waals surface area contributed by atoms with Gasteiger partial charge in [0.25, 0.3) is 0 Å². The van der Waals surface area contributed by atoms with Gasteiger partial charge in [0.15, 0.2) is 9.52 Å². The van der Waals surface area contributed by atoms with Gasteiger partial charge in [0.05, 0.1) is 12.2 Å². The Labute approximate surface area is 101 Å². The maximum atomic E-state index is 5.76. The standard InChI is InChI=1S/C13H20O2Si/c1-10(2)14-13(15-11(3)4)16-12-8-6-5-7-9-12/h5-11,13H,1-4H3. The molecule has 0 aliphatic heterocycles. The van der Waals surface area contributed by atoms with E-state index in [0.717, 1.165) is 0 Å². The Morgan fingerprint density at radius 1 is 0.875 bits per heavy atom. The lowest BCUT2D eigenvalue weighted by Crippen LogP contribution is -2.36. The quantitative estimate of drug-likeness (QED) is 0.556. The normalized spacial score (nSPS) is 11.7. The van der Waals surface area contributed by atoms with Crippen LogP contribution in [0.25, 0.3) is 0 Å². The number of benzene rings is 1. The van der Waals surface area contributed by atoms with Crippen molar-refractivity contribution in [1.82, 2.24) is 0 Å². The molecule has 0 spiro atoms. The summed E-state index contributed by atoms with van der Waals surface area (Å²) in [6.45, 7) is 8.14. The first-order valence-electron chi connectivity index (χ1n) is 5.70. The number of rotatable bonds is 6. The van der Waals surface area contributed by atoms with Gasteiger partial charge in [0.1, 0.15) is 5.91 Å². The van der Waals surface area contributed by atoms with Crippen LogP contribution in [0.15, 0.2) is 30.3 Å². The Balaban J connectivity index is 2.56. The molecule has 0 saturated carbocycles. The van der Waals surface area contributed by atoms with Crippen LogP contribution in [0, 0.1) is 0 Å². The molecular formula is C13H20O2Si. The number of hydrogen-bond donors (Lipinski definition) is 0. The molecule has 1 rings (SSSR count). The van der Waals surface area contributed by atoms with Crippen LogP contribution in [-0.4, -0.2) is 27.6 Å². The lowest BCUT2D eigenvalue weighted by atomic mass is 10.4. The molecule has 0 unspecified atom stereocenters. The molecule has 0 aromatic heterocycles. The zero-order chi connectivity index (χ0) is 12.0. The minimum absolute atomic E-state index is 0.123. The van der Waals surface area contributed by atoms with Crippen molar-refractivity contribution in [3.05, 3.63) is 30.3 Å². The first-order chi connectivity index (χ1) is 7.58. The van der Waals surface area contributed by atoms with Crippen LogP contribution in [0.1, 0.15) is 27.7 Å². The number of hydrogen-bond acceptors (Lipinski definition) is 2. The minimum Gasteiger partial charge on any atom is -0.354 e. The van der Waals surface area contributed by atoms with Gasteiger partial charge in [-0.05, 0) is 27.7 Å². The molecular weight excluding hydrogens is 216 g/mol. The summed E-state index contributed by atoms with van der Waals surface area (Å²) in [5.41, 5.74) is 0. The highest BCUT2D eigenvalue weighted by atomic mass is 28.2. The van der Waals surface area contributed by atoms with Gasteiger partial charge >= 0.3 is 0 Å². The molecule has 16 heavy (non-hydrogen) atoms. The summed E-state index contributed by atoms with van der Waals surface area (Å²) in [5, 5.41) is 1.27. The van der Waals surface area contributed by atoms with Crippen molar-refractivity contribution in [2.24, 2.45) is 0 Å². The molecule has 0 heterocycles. The molecule has 3 heteroatoms. The van der Waals surface area contributed by atoms with Gasteiger partial charge in [-0.2, -0.15) is 0 Å². The third kappa shape index (κ3) is 5.44. The van der Waals surface area contributed by atoms with Crippen molar-refractivity contribution >= 4 is 14.7 Å². The fourth-order valence-corrected chi connectivity index (χ4v) is 2.60. The van der Waals surface area contributed by atoms with Crippen LogP contribution in [0.5, 0.6) is 0 Å². The summed E-state index contributed by atoms with van der Waals surface area (Å²) in [6.07, 6.45) is 0.389. The SMILES string of the molecule is CC(C)OC(OC(C)C)[Si]c1ccccc1. The summed E-state index contributed by atoms with van der Waals surface area (Å²) < 4.78 is 11.5. The lowest BCUT2D eigenvalue weighted by molar-refractivity contribution is -0.133. The van der Waals surface area contributed by atoms with Crippen LogP contribution in [0.3, 0.4) is 0 Å². The Bertz CT molecular complexity index is 275. The molecule has 0 bridgehead atoms. The monoisotopic (exact) mass is 236 g/mol. The average molecular weight is 236 g/mol. The molecule has 0 N–H and O–H groups in total. The predicted molar refractivity (Wildman–Crippen MR) is 68.1 cm³/mol. The van der Waals surface area contributed by atoms with E-state index >= 15 is 0 Å². The molecule has 2 radical (unpaired) electrons. The molecule has 0 fully saturated rings. The van der Waals surface area contributed by atoms with Gasteiger partial charge in [-0.1, -0.05) is 35.5 Å². The Morgan fingerprint density at radius 2 is 1.38 bits per heavy atom. The first-order valence-corrected chi connectivity index (χ1v) is 6.78. The van der Waals surface area contributed by atoms with E-state index in [0.29, 0.717) is 9.52 Å². The van der Waals surface area contributed by atoms with Crippen molar-refractivity contribution in [1.29, 1.82) is 0 Å². The van der Waals surface area contributed by atoms with Crippen LogP contribution >= 0.6 is 0 Å². The summed E-state index contributed by atoms with van der Waals surface area (Å²) >= 11 is 0. The second kappa shape index (κ2) is 6.84. The van der Waals surface area contributed by atoms with Gasteiger partial charge in [-0.15, -0.1) is 0 Å². The van der Waals surface area contributed by atoms with Gasteiger partial charge in [-0.3, -0.25) is 0 Å². The molecule has 0 atom stereocenters. The molecule has 0 aliphatic carbocycles. The Hall–Kier alpha value is -0.643. The van der Waals surface area contributed by atoms with E-state index in [9.17, 15) is 0 Å². The summed E-state index contributed by atoms with van der Waals surface area (Å²) in [7, 11) is 0.537. The van der Waals surface area contributed by atoms with E-state index in [4.69, 9.17) is 9.47 Å². The zero-order valence-electron chi connectivity index (χ0n) is 10.4. The van der Waals surface area contributed by atoms with Gasteiger partial charge < -0.3 is 9.47 Å². The van der Waals surface area contributed by atoms with Crippen LogP contribution in [-0.2, 0) is 9.47 Å². The van der Waals surface area contributed by atoms with E-state index in [1.54, 1.807) is 0 Å². The molecule has 1 aromatic carbocycles. The third-order valence-electron chi connectivity index (χ3n) is 1.85. The highest BCUT2D eigenvalue weighted by Crippen LogP contribution is 2.02. The van der Waals surface area contributed by atoms with Crippen LogP contribution in [0.2, 0.25) is 0 Å². The average Bonchev–Trinajstić information content (AvgIpc) is 2.16.